The van der Waals surface area contributed by atoms with Crippen LogP contribution in [0.15, 0.2) is 18.2 Å². The summed E-state index contributed by atoms with van der Waals surface area (Å²) >= 11 is 13.4. The second-order valence-corrected chi connectivity index (χ2v) is 5.29. The summed E-state index contributed by atoms with van der Waals surface area (Å²) in [4.78, 5) is 0. The van der Waals surface area contributed by atoms with Crippen molar-refractivity contribution < 1.29 is 0 Å². The topological polar surface area (TPSA) is 37.8 Å². The van der Waals surface area contributed by atoms with Crippen LogP contribution in [0, 0.1) is 0 Å². The quantitative estimate of drug-likeness (QED) is 0.933. The molecule has 1 heterocycles. The molecular weight excluding hydrogens is 277 g/mol. The Morgan fingerprint density at radius 1 is 1.24 bits per heavy atom. The first-order valence-electron chi connectivity index (χ1n) is 5.19. The van der Waals surface area contributed by atoms with Crippen molar-refractivity contribution in [1.82, 2.24) is 15.5 Å². The number of aromatic nitrogens is 2. The highest BCUT2D eigenvalue weighted by molar-refractivity contribution is 7.14. The highest BCUT2D eigenvalue weighted by Crippen LogP contribution is 2.30. The van der Waals surface area contributed by atoms with E-state index in [4.69, 9.17) is 23.2 Å². The molecule has 0 aliphatic heterocycles. The fraction of sp³-hybridized carbons (Fsp3) is 0.273. The van der Waals surface area contributed by atoms with E-state index >= 15 is 0 Å². The Bertz CT molecular complexity index is 513. The number of benzene rings is 1. The van der Waals surface area contributed by atoms with Crippen LogP contribution in [0.5, 0.6) is 0 Å². The van der Waals surface area contributed by atoms with Crippen molar-refractivity contribution in [2.75, 3.05) is 6.54 Å². The van der Waals surface area contributed by atoms with Gasteiger partial charge in [0.1, 0.15) is 10.0 Å². The minimum Gasteiger partial charge on any atom is -0.311 e. The number of halogens is 2. The molecule has 17 heavy (non-hydrogen) atoms. The van der Waals surface area contributed by atoms with E-state index in [1.54, 1.807) is 23.5 Å². The molecule has 2 aromatic rings. The minimum absolute atomic E-state index is 0.535. The van der Waals surface area contributed by atoms with E-state index in [0.717, 1.165) is 28.7 Å². The molecule has 0 atom stereocenters. The lowest BCUT2D eigenvalue weighted by molar-refractivity contribution is 0.715. The Morgan fingerprint density at radius 2 is 2.06 bits per heavy atom. The molecule has 0 bridgehead atoms. The van der Waals surface area contributed by atoms with E-state index in [9.17, 15) is 0 Å². The zero-order chi connectivity index (χ0) is 12.3. The molecule has 90 valence electrons. The summed E-state index contributed by atoms with van der Waals surface area (Å²) in [6, 6.07) is 5.47. The lowest BCUT2D eigenvalue weighted by Crippen LogP contribution is -2.11. The van der Waals surface area contributed by atoms with Gasteiger partial charge in [0.25, 0.3) is 0 Å². The maximum Gasteiger partial charge on any atom is 0.147 e. The van der Waals surface area contributed by atoms with Crippen molar-refractivity contribution >= 4 is 34.5 Å². The van der Waals surface area contributed by atoms with Gasteiger partial charge in [0, 0.05) is 12.1 Å². The number of hydrogen-bond donors (Lipinski definition) is 1. The summed E-state index contributed by atoms with van der Waals surface area (Å²) in [6.45, 7) is 3.72. The van der Waals surface area contributed by atoms with Crippen molar-refractivity contribution in [3.05, 3.63) is 33.3 Å². The van der Waals surface area contributed by atoms with E-state index in [2.05, 4.69) is 22.4 Å². The summed E-state index contributed by atoms with van der Waals surface area (Å²) in [6.07, 6.45) is 0. The maximum absolute atomic E-state index is 5.97. The van der Waals surface area contributed by atoms with Gasteiger partial charge in [-0.25, -0.2) is 0 Å². The van der Waals surface area contributed by atoms with Crippen LogP contribution >= 0.6 is 34.5 Å². The molecule has 0 unspecified atom stereocenters. The first kappa shape index (κ1) is 12.8. The number of nitrogens with one attached hydrogen (secondary N) is 1. The van der Waals surface area contributed by atoms with Gasteiger partial charge < -0.3 is 5.32 Å². The molecule has 0 aliphatic rings. The van der Waals surface area contributed by atoms with Crippen molar-refractivity contribution in [3.8, 4) is 10.6 Å². The molecule has 0 aliphatic carbocycles. The predicted octanol–water partition coefficient (Wildman–Crippen LogP) is 3.62. The Balaban J connectivity index is 2.21. The third kappa shape index (κ3) is 3.16. The molecule has 0 saturated carbocycles. The second-order valence-electron chi connectivity index (χ2n) is 3.41. The Hall–Kier alpha value is -0.680. The molecule has 6 heteroatoms. The van der Waals surface area contributed by atoms with Crippen LogP contribution in [0.3, 0.4) is 0 Å². The first-order valence-corrected chi connectivity index (χ1v) is 6.76. The van der Waals surface area contributed by atoms with Gasteiger partial charge in [-0.15, -0.1) is 10.2 Å². The number of nitrogens with zero attached hydrogens (tertiary/aromatic N) is 2. The van der Waals surface area contributed by atoms with Gasteiger partial charge >= 0.3 is 0 Å². The Labute approximate surface area is 114 Å². The molecule has 2 rings (SSSR count). The average Bonchev–Trinajstić information content (AvgIpc) is 2.79. The zero-order valence-corrected chi connectivity index (χ0v) is 11.5. The Kier molecular flexibility index (Phi) is 4.34. The van der Waals surface area contributed by atoms with Crippen LogP contribution in [0.4, 0.5) is 0 Å². The lowest BCUT2D eigenvalue weighted by Gasteiger charge is -1.98. The molecule has 0 fully saturated rings. The zero-order valence-electron chi connectivity index (χ0n) is 9.20. The van der Waals surface area contributed by atoms with Gasteiger partial charge in [-0.3, -0.25) is 0 Å². The third-order valence-corrected chi connectivity index (χ3v) is 3.87. The van der Waals surface area contributed by atoms with Crippen LogP contribution < -0.4 is 5.32 Å². The molecule has 0 saturated heterocycles. The average molecular weight is 288 g/mol. The van der Waals surface area contributed by atoms with E-state index in [1.807, 2.05) is 6.07 Å². The van der Waals surface area contributed by atoms with Crippen molar-refractivity contribution in [1.29, 1.82) is 0 Å². The summed E-state index contributed by atoms with van der Waals surface area (Å²) < 4.78 is 0. The van der Waals surface area contributed by atoms with Gasteiger partial charge in [-0.1, -0.05) is 47.5 Å². The van der Waals surface area contributed by atoms with Crippen molar-refractivity contribution in [3.63, 3.8) is 0 Å². The van der Waals surface area contributed by atoms with E-state index in [1.165, 1.54) is 0 Å². The molecule has 1 N–H and O–H groups in total. The van der Waals surface area contributed by atoms with Crippen LogP contribution in [0.25, 0.3) is 10.6 Å². The summed E-state index contributed by atoms with van der Waals surface area (Å²) in [5.41, 5.74) is 0.944. The van der Waals surface area contributed by atoms with Crippen molar-refractivity contribution in [2.24, 2.45) is 0 Å². The van der Waals surface area contributed by atoms with E-state index < -0.39 is 0 Å². The number of rotatable bonds is 4. The molecule has 0 amide bonds. The highest BCUT2D eigenvalue weighted by atomic mass is 35.5. The molecule has 1 aromatic heterocycles. The van der Waals surface area contributed by atoms with Gasteiger partial charge in [0.2, 0.25) is 0 Å². The summed E-state index contributed by atoms with van der Waals surface area (Å²) in [7, 11) is 0. The van der Waals surface area contributed by atoms with Crippen LogP contribution in [0.2, 0.25) is 10.0 Å². The highest BCUT2D eigenvalue weighted by Gasteiger charge is 2.08. The molecule has 1 aromatic carbocycles. The first-order chi connectivity index (χ1) is 8.20. The van der Waals surface area contributed by atoms with Gasteiger partial charge in [0.05, 0.1) is 10.0 Å². The summed E-state index contributed by atoms with van der Waals surface area (Å²) in [5.74, 6) is 0. The van der Waals surface area contributed by atoms with Crippen molar-refractivity contribution in [2.45, 2.75) is 13.5 Å². The monoisotopic (exact) mass is 287 g/mol. The fourth-order valence-electron chi connectivity index (χ4n) is 1.30. The minimum atomic E-state index is 0.535. The molecule has 0 spiro atoms. The predicted molar refractivity (Wildman–Crippen MR) is 72.7 cm³/mol. The fourth-order valence-corrected chi connectivity index (χ4v) is 2.41. The standard InChI is InChI=1S/C11H11Cl2N3S/c1-2-14-6-10-15-16-11(17-10)7-3-4-8(12)9(13)5-7/h3-5,14H,2,6H2,1H3. The second kappa shape index (κ2) is 5.78. The van der Waals surface area contributed by atoms with E-state index in [-0.39, 0.29) is 0 Å². The van der Waals surface area contributed by atoms with Gasteiger partial charge in [-0.05, 0) is 18.7 Å². The normalized spacial score (nSPS) is 10.8. The summed E-state index contributed by atoms with van der Waals surface area (Å²) in [5, 5.41) is 14.4. The molecular formula is C11H11Cl2N3S. The largest absolute Gasteiger partial charge is 0.311 e. The lowest BCUT2D eigenvalue weighted by atomic mass is 10.2. The third-order valence-electron chi connectivity index (χ3n) is 2.16. The smallest absolute Gasteiger partial charge is 0.147 e. The van der Waals surface area contributed by atoms with E-state index in [0.29, 0.717) is 10.0 Å². The van der Waals surface area contributed by atoms with Crippen LogP contribution in [-0.4, -0.2) is 16.7 Å². The van der Waals surface area contributed by atoms with Gasteiger partial charge in [-0.2, -0.15) is 0 Å². The maximum atomic E-state index is 5.97. The SMILES string of the molecule is CCNCc1nnc(-c2ccc(Cl)c(Cl)c2)s1. The number of hydrogen-bond acceptors (Lipinski definition) is 4. The van der Waals surface area contributed by atoms with Crippen LogP contribution in [-0.2, 0) is 6.54 Å². The van der Waals surface area contributed by atoms with Crippen LogP contribution in [0.1, 0.15) is 11.9 Å². The van der Waals surface area contributed by atoms with Gasteiger partial charge in [0.15, 0.2) is 0 Å². The Morgan fingerprint density at radius 3 is 2.76 bits per heavy atom. The molecule has 3 nitrogen and oxygen atoms in total. The molecule has 0 radical (unpaired) electrons.